The summed E-state index contributed by atoms with van der Waals surface area (Å²) in [5.41, 5.74) is -1.07. The average Bonchev–Trinajstić information content (AvgIpc) is 2.49. The van der Waals surface area contributed by atoms with Crippen LogP contribution in [0, 0.1) is 0 Å². The quantitative estimate of drug-likeness (QED) is 0.783. The molecular weight excluding hydrogens is 268 g/mol. The van der Waals surface area contributed by atoms with E-state index >= 15 is 0 Å². The lowest BCUT2D eigenvalue weighted by Crippen LogP contribution is -2.40. The summed E-state index contributed by atoms with van der Waals surface area (Å²) in [7, 11) is 0. The minimum Gasteiger partial charge on any atom is -0.459 e. The standard InChI is InChI=1S/C14H15F2NO3/c1-13(2,3)20-11(18)8-17-10-7-5-4-6-9(10)14(15,16)12(17)19/h4-7H,8H2,1-3H3. The molecule has 0 unspecified atom stereocenters. The van der Waals surface area contributed by atoms with Crippen LogP contribution < -0.4 is 4.90 Å². The van der Waals surface area contributed by atoms with Crippen LogP contribution in [0.1, 0.15) is 26.3 Å². The summed E-state index contributed by atoms with van der Waals surface area (Å²) in [6.07, 6.45) is 0. The second kappa shape index (κ2) is 4.54. The van der Waals surface area contributed by atoms with Gasteiger partial charge in [-0.15, -0.1) is 0 Å². The molecule has 0 saturated heterocycles. The van der Waals surface area contributed by atoms with Crippen LogP contribution >= 0.6 is 0 Å². The molecule has 0 saturated carbocycles. The first-order valence-electron chi connectivity index (χ1n) is 6.14. The van der Waals surface area contributed by atoms with Gasteiger partial charge >= 0.3 is 17.8 Å². The van der Waals surface area contributed by atoms with Crippen molar-refractivity contribution in [2.75, 3.05) is 11.4 Å². The van der Waals surface area contributed by atoms with E-state index in [1.54, 1.807) is 20.8 Å². The molecule has 1 heterocycles. The second-order valence-corrected chi connectivity index (χ2v) is 5.57. The van der Waals surface area contributed by atoms with E-state index in [-0.39, 0.29) is 11.3 Å². The van der Waals surface area contributed by atoms with Gasteiger partial charge in [0, 0.05) is 0 Å². The van der Waals surface area contributed by atoms with E-state index in [0.29, 0.717) is 0 Å². The molecule has 0 bridgehead atoms. The van der Waals surface area contributed by atoms with Gasteiger partial charge in [0.1, 0.15) is 12.1 Å². The third-order valence-electron chi connectivity index (χ3n) is 2.75. The number of fused-ring (bicyclic) bond motifs is 1. The highest BCUT2D eigenvalue weighted by Gasteiger charge is 2.53. The van der Waals surface area contributed by atoms with Crippen LogP contribution in [0.5, 0.6) is 0 Å². The summed E-state index contributed by atoms with van der Waals surface area (Å²) in [6, 6.07) is 5.54. The fourth-order valence-electron chi connectivity index (χ4n) is 2.03. The van der Waals surface area contributed by atoms with Crippen LogP contribution in [-0.2, 0) is 20.2 Å². The van der Waals surface area contributed by atoms with Gasteiger partial charge in [-0.1, -0.05) is 18.2 Å². The molecule has 108 valence electrons. The number of para-hydroxylation sites is 1. The number of amides is 1. The smallest absolute Gasteiger partial charge is 0.352 e. The molecule has 0 fully saturated rings. The zero-order chi connectivity index (χ0) is 15.1. The number of benzene rings is 1. The number of hydrogen-bond donors (Lipinski definition) is 0. The molecule has 0 spiro atoms. The Morgan fingerprint density at radius 3 is 2.50 bits per heavy atom. The van der Waals surface area contributed by atoms with Gasteiger partial charge in [0.05, 0.1) is 11.3 Å². The number of halogens is 2. The normalized spacial score (nSPS) is 17.1. The number of ether oxygens (including phenoxy) is 1. The predicted octanol–water partition coefficient (Wildman–Crippen LogP) is 2.47. The van der Waals surface area contributed by atoms with E-state index in [0.717, 1.165) is 4.90 Å². The monoisotopic (exact) mass is 283 g/mol. The fourth-order valence-corrected chi connectivity index (χ4v) is 2.03. The minimum atomic E-state index is -3.60. The fraction of sp³-hybridized carbons (Fsp3) is 0.429. The Labute approximate surface area is 115 Å². The van der Waals surface area contributed by atoms with Crippen molar-refractivity contribution in [3.05, 3.63) is 29.8 Å². The Kier molecular flexibility index (Phi) is 3.28. The number of carbonyl (C=O) groups is 2. The highest BCUT2D eigenvalue weighted by Crippen LogP contribution is 2.43. The van der Waals surface area contributed by atoms with Crippen molar-refractivity contribution in [1.29, 1.82) is 0 Å². The van der Waals surface area contributed by atoms with Crippen LogP contribution in [0.4, 0.5) is 14.5 Å². The summed E-state index contributed by atoms with van der Waals surface area (Å²) in [4.78, 5) is 24.2. The molecule has 0 aromatic heterocycles. The van der Waals surface area contributed by atoms with Crippen LogP contribution in [0.25, 0.3) is 0 Å². The molecule has 1 aromatic carbocycles. The number of rotatable bonds is 2. The highest BCUT2D eigenvalue weighted by atomic mass is 19.3. The zero-order valence-corrected chi connectivity index (χ0v) is 11.4. The Bertz CT molecular complexity index is 564. The molecule has 0 radical (unpaired) electrons. The van der Waals surface area contributed by atoms with Gasteiger partial charge in [-0.2, -0.15) is 8.78 Å². The molecule has 1 amide bonds. The lowest BCUT2D eigenvalue weighted by Gasteiger charge is -2.22. The Balaban J connectivity index is 2.26. The average molecular weight is 283 g/mol. The first kappa shape index (κ1) is 14.4. The predicted molar refractivity (Wildman–Crippen MR) is 68.5 cm³/mol. The van der Waals surface area contributed by atoms with E-state index in [1.807, 2.05) is 0 Å². The Morgan fingerprint density at radius 1 is 1.30 bits per heavy atom. The molecule has 6 heteroatoms. The SMILES string of the molecule is CC(C)(C)OC(=O)CN1C(=O)C(F)(F)c2ccccc21. The van der Waals surface area contributed by atoms with E-state index in [1.165, 1.54) is 24.3 Å². The van der Waals surface area contributed by atoms with E-state index in [4.69, 9.17) is 4.74 Å². The molecule has 4 nitrogen and oxygen atoms in total. The van der Waals surface area contributed by atoms with Gasteiger partial charge in [-0.3, -0.25) is 14.5 Å². The molecular formula is C14H15F2NO3. The molecule has 20 heavy (non-hydrogen) atoms. The number of anilines is 1. The van der Waals surface area contributed by atoms with Crippen molar-refractivity contribution in [2.45, 2.75) is 32.3 Å². The van der Waals surface area contributed by atoms with Crippen LogP contribution in [0.15, 0.2) is 24.3 Å². The summed E-state index contributed by atoms with van der Waals surface area (Å²) in [5, 5.41) is 0. The van der Waals surface area contributed by atoms with Crippen molar-refractivity contribution in [1.82, 2.24) is 0 Å². The third kappa shape index (κ3) is 2.50. The minimum absolute atomic E-state index is 0.0494. The molecule has 0 aliphatic carbocycles. The first-order valence-corrected chi connectivity index (χ1v) is 6.14. The van der Waals surface area contributed by atoms with Crippen molar-refractivity contribution in [3.63, 3.8) is 0 Å². The number of nitrogens with zero attached hydrogens (tertiary/aromatic N) is 1. The summed E-state index contributed by atoms with van der Waals surface area (Å²) in [6.45, 7) is 4.47. The number of alkyl halides is 2. The molecule has 0 N–H and O–H groups in total. The van der Waals surface area contributed by atoms with Gasteiger partial charge < -0.3 is 4.74 Å². The maximum absolute atomic E-state index is 13.8. The largest absolute Gasteiger partial charge is 0.459 e. The van der Waals surface area contributed by atoms with Crippen LogP contribution in [-0.4, -0.2) is 24.0 Å². The molecule has 1 aliphatic heterocycles. The van der Waals surface area contributed by atoms with Gasteiger partial charge in [0.25, 0.3) is 0 Å². The highest BCUT2D eigenvalue weighted by molar-refractivity contribution is 6.08. The lowest BCUT2D eigenvalue weighted by atomic mass is 10.1. The molecule has 0 atom stereocenters. The van der Waals surface area contributed by atoms with E-state index < -0.39 is 29.9 Å². The van der Waals surface area contributed by atoms with Crippen molar-refractivity contribution in [2.24, 2.45) is 0 Å². The number of esters is 1. The summed E-state index contributed by atoms with van der Waals surface area (Å²) < 4.78 is 32.7. The molecule has 1 aromatic rings. The Morgan fingerprint density at radius 2 is 1.90 bits per heavy atom. The zero-order valence-electron chi connectivity index (χ0n) is 11.4. The first-order chi connectivity index (χ1) is 9.13. The van der Waals surface area contributed by atoms with Crippen LogP contribution in [0.2, 0.25) is 0 Å². The molecule has 1 aliphatic rings. The lowest BCUT2D eigenvalue weighted by molar-refractivity contribution is -0.154. The topological polar surface area (TPSA) is 46.6 Å². The third-order valence-corrected chi connectivity index (χ3v) is 2.75. The van der Waals surface area contributed by atoms with Gasteiger partial charge in [0.15, 0.2) is 0 Å². The van der Waals surface area contributed by atoms with Gasteiger partial charge in [0.2, 0.25) is 0 Å². The van der Waals surface area contributed by atoms with Gasteiger partial charge in [-0.05, 0) is 26.8 Å². The van der Waals surface area contributed by atoms with E-state index in [9.17, 15) is 18.4 Å². The van der Waals surface area contributed by atoms with Crippen molar-refractivity contribution >= 4 is 17.6 Å². The van der Waals surface area contributed by atoms with E-state index in [2.05, 4.69) is 0 Å². The maximum Gasteiger partial charge on any atom is 0.352 e. The summed E-state index contributed by atoms with van der Waals surface area (Å²) in [5.74, 6) is -5.72. The Hall–Kier alpha value is -1.98. The molecule has 2 rings (SSSR count). The van der Waals surface area contributed by atoms with Crippen LogP contribution in [0.3, 0.4) is 0 Å². The maximum atomic E-state index is 13.8. The van der Waals surface area contributed by atoms with Gasteiger partial charge in [-0.25, -0.2) is 0 Å². The second-order valence-electron chi connectivity index (χ2n) is 5.57. The van der Waals surface area contributed by atoms with Crippen molar-refractivity contribution < 1.29 is 23.1 Å². The number of hydrogen-bond acceptors (Lipinski definition) is 3. The number of carbonyl (C=O) groups excluding carboxylic acids is 2. The van der Waals surface area contributed by atoms with Crippen molar-refractivity contribution in [3.8, 4) is 0 Å². The summed E-state index contributed by atoms with van der Waals surface area (Å²) >= 11 is 0.